The van der Waals surface area contributed by atoms with Gasteiger partial charge >= 0.3 is 0 Å². The van der Waals surface area contributed by atoms with Crippen LogP contribution in [0.4, 0.5) is 4.39 Å². The van der Waals surface area contributed by atoms with Gasteiger partial charge in [-0.15, -0.1) is 0 Å². The van der Waals surface area contributed by atoms with Crippen LogP contribution in [-0.4, -0.2) is 24.5 Å². The molecule has 0 bridgehead atoms. The number of nitrogens with zero attached hydrogens (tertiary/aromatic N) is 1. The molecule has 1 aliphatic heterocycles. The maximum atomic E-state index is 14.8. The molecule has 80 valence electrons. The molecule has 0 radical (unpaired) electrons. The largest absolute Gasteiger partial charge is 0.341 e. The van der Waals surface area contributed by atoms with Crippen molar-refractivity contribution in [2.75, 3.05) is 19.6 Å². The SMILES string of the molecule is C=CN1CCNCC1(F)c1ccccc1. The summed E-state index contributed by atoms with van der Waals surface area (Å²) in [4.78, 5) is 1.65. The second kappa shape index (κ2) is 4.03. The van der Waals surface area contributed by atoms with Crippen molar-refractivity contribution in [3.63, 3.8) is 0 Å². The van der Waals surface area contributed by atoms with Gasteiger partial charge in [-0.1, -0.05) is 36.9 Å². The fourth-order valence-corrected chi connectivity index (χ4v) is 1.93. The molecule has 1 aromatic rings. The summed E-state index contributed by atoms with van der Waals surface area (Å²) in [6.07, 6.45) is 1.58. The van der Waals surface area contributed by atoms with Crippen molar-refractivity contribution >= 4 is 0 Å². The number of alkyl halides is 1. The van der Waals surface area contributed by atoms with E-state index in [0.29, 0.717) is 18.7 Å². The fourth-order valence-electron chi connectivity index (χ4n) is 1.93. The quantitative estimate of drug-likeness (QED) is 0.743. The first kappa shape index (κ1) is 10.2. The van der Waals surface area contributed by atoms with Gasteiger partial charge in [0.05, 0.1) is 6.54 Å². The molecule has 0 aliphatic carbocycles. The minimum atomic E-state index is -1.46. The van der Waals surface area contributed by atoms with Crippen molar-refractivity contribution in [2.45, 2.75) is 5.79 Å². The van der Waals surface area contributed by atoms with Gasteiger partial charge in [-0.3, -0.25) is 0 Å². The third kappa shape index (κ3) is 1.75. The summed E-state index contributed by atoms with van der Waals surface area (Å²) in [6.45, 7) is 5.42. The molecule has 0 aromatic heterocycles. The summed E-state index contributed by atoms with van der Waals surface area (Å²) in [5.74, 6) is -1.46. The van der Waals surface area contributed by atoms with Crippen molar-refractivity contribution in [2.24, 2.45) is 0 Å². The van der Waals surface area contributed by atoms with E-state index < -0.39 is 5.79 Å². The Bertz CT molecular complexity index is 339. The van der Waals surface area contributed by atoms with Crippen LogP contribution in [0.5, 0.6) is 0 Å². The van der Waals surface area contributed by atoms with Crippen molar-refractivity contribution in [1.29, 1.82) is 0 Å². The van der Waals surface area contributed by atoms with Crippen LogP contribution in [0.25, 0.3) is 0 Å². The zero-order valence-corrected chi connectivity index (χ0v) is 8.62. The number of hydrogen-bond acceptors (Lipinski definition) is 2. The normalized spacial score (nSPS) is 26.3. The number of halogens is 1. The van der Waals surface area contributed by atoms with Crippen molar-refractivity contribution < 1.29 is 4.39 Å². The highest BCUT2D eigenvalue weighted by Gasteiger charge is 2.38. The van der Waals surface area contributed by atoms with Gasteiger partial charge in [0.1, 0.15) is 0 Å². The summed E-state index contributed by atoms with van der Waals surface area (Å²) in [5.41, 5.74) is 0.678. The van der Waals surface area contributed by atoms with Gasteiger partial charge < -0.3 is 10.2 Å². The van der Waals surface area contributed by atoms with E-state index in [2.05, 4.69) is 11.9 Å². The molecule has 0 amide bonds. The van der Waals surface area contributed by atoms with Gasteiger partial charge in [0.25, 0.3) is 0 Å². The molecule has 0 saturated carbocycles. The molecule has 2 rings (SSSR count). The minimum Gasteiger partial charge on any atom is -0.341 e. The van der Waals surface area contributed by atoms with Crippen LogP contribution < -0.4 is 5.32 Å². The molecule has 1 heterocycles. The van der Waals surface area contributed by atoms with Gasteiger partial charge in [-0.05, 0) is 6.20 Å². The van der Waals surface area contributed by atoms with Crippen LogP contribution in [-0.2, 0) is 5.79 Å². The zero-order valence-electron chi connectivity index (χ0n) is 8.62. The van der Waals surface area contributed by atoms with Crippen LogP contribution in [0.2, 0.25) is 0 Å². The lowest BCUT2D eigenvalue weighted by molar-refractivity contribution is -0.0231. The standard InChI is InChI=1S/C12H15FN2/c1-2-15-9-8-14-10-12(15,13)11-6-4-3-5-7-11/h2-7,14H,1,8-10H2. The number of benzene rings is 1. The Morgan fingerprint density at radius 2 is 2.13 bits per heavy atom. The molecule has 15 heavy (non-hydrogen) atoms. The Kier molecular flexibility index (Phi) is 2.73. The van der Waals surface area contributed by atoms with Crippen LogP contribution in [0.15, 0.2) is 43.1 Å². The van der Waals surface area contributed by atoms with Crippen LogP contribution in [0, 0.1) is 0 Å². The Labute approximate surface area is 89.4 Å². The summed E-state index contributed by atoms with van der Waals surface area (Å²) >= 11 is 0. The monoisotopic (exact) mass is 206 g/mol. The average molecular weight is 206 g/mol. The van der Waals surface area contributed by atoms with E-state index in [9.17, 15) is 4.39 Å². The molecule has 1 N–H and O–H groups in total. The van der Waals surface area contributed by atoms with E-state index in [1.807, 2.05) is 30.3 Å². The smallest absolute Gasteiger partial charge is 0.220 e. The lowest BCUT2D eigenvalue weighted by Crippen LogP contribution is -2.54. The van der Waals surface area contributed by atoms with Crippen LogP contribution >= 0.6 is 0 Å². The number of piperazine rings is 1. The molecule has 1 aliphatic rings. The van der Waals surface area contributed by atoms with Crippen molar-refractivity contribution in [3.8, 4) is 0 Å². The second-order valence-electron chi connectivity index (χ2n) is 3.68. The molecule has 1 saturated heterocycles. The molecule has 1 fully saturated rings. The van der Waals surface area contributed by atoms with Gasteiger partial charge in [-0.25, -0.2) is 4.39 Å². The minimum absolute atomic E-state index is 0.309. The number of rotatable bonds is 2. The van der Waals surface area contributed by atoms with Gasteiger partial charge in [-0.2, -0.15) is 0 Å². The predicted molar refractivity (Wildman–Crippen MR) is 59.0 cm³/mol. The maximum Gasteiger partial charge on any atom is 0.220 e. The van der Waals surface area contributed by atoms with Crippen LogP contribution in [0.1, 0.15) is 5.56 Å². The Morgan fingerprint density at radius 1 is 1.40 bits per heavy atom. The first-order valence-corrected chi connectivity index (χ1v) is 5.12. The highest BCUT2D eigenvalue weighted by Crippen LogP contribution is 2.31. The second-order valence-corrected chi connectivity index (χ2v) is 3.68. The molecule has 0 spiro atoms. The molecule has 1 aromatic carbocycles. The van der Waals surface area contributed by atoms with Gasteiger partial charge in [0.2, 0.25) is 5.79 Å². The zero-order chi connectivity index (χ0) is 10.7. The highest BCUT2D eigenvalue weighted by molar-refractivity contribution is 5.23. The summed E-state index contributed by atoms with van der Waals surface area (Å²) in [5, 5.41) is 3.07. The molecule has 2 nitrogen and oxygen atoms in total. The first-order valence-electron chi connectivity index (χ1n) is 5.12. The fraction of sp³-hybridized carbons (Fsp3) is 0.333. The van der Waals surface area contributed by atoms with E-state index >= 15 is 0 Å². The molecule has 1 atom stereocenters. The predicted octanol–water partition coefficient (Wildman–Crippen LogP) is 1.86. The maximum absolute atomic E-state index is 14.8. The number of hydrogen-bond donors (Lipinski definition) is 1. The van der Waals surface area contributed by atoms with Gasteiger partial charge in [0.15, 0.2) is 0 Å². The van der Waals surface area contributed by atoms with E-state index in [4.69, 9.17) is 0 Å². The van der Waals surface area contributed by atoms with Gasteiger partial charge in [0, 0.05) is 18.7 Å². The third-order valence-corrected chi connectivity index (χ3v) is 2.78. The molecular weight excluding hydrogens is 191 g/mol. The summed E-state index contributed by atoms with van der Waals surface area (Å²) in [6, 6.07) is 9.22. The Balaban J connectivity index is 2.34. The first-order chi connectivity index (χ1) is 7.27. The third-order valence-electron chi connectivity index (χ3n) is 2.78. The highest BCUT2D eigenvalue weighted by atomic mass is 19.1. The molecular formula is C12H15FN2. The topological polar surface area (TPSA) is 15.3 Å². The van der Waals surface area contributed by atoms with Crippen LogP contribution in [0.3, 0.4) is 0 Å². The van der Waals surface area contributed by atoms with E-state index in [-0.39, 0.29) is 0 Å². The van der Waals surface area contributed by atoms with Crippen molar-refractivity contribution in [1.82, 2.24) is 10.2 Å². The lowest BCUT2D eigenvalue weighted by Gasteiger charge is -2.41. The van der Waals surface area contributed by atoms with E-state index in [0.717, 1.165) is 6.54 Å². The summed E-state index contributed by atoms with van der Waals surface area (Å²) < 4.78 is 14.8. The summed E-state index contributed by atoms with van der Waals surface area (Å²) in [7, 11) is 0. The molecule has 1 unspecified atom stereocenters. The lowest BCUT2D eigenvalue weighted by atomic mass is 10.0. The van der Waals surface area contributed by atoms with E-state index in [1.165, 1.54) is 0 Å². The Morgan fingerprint density at radius 3 is 2.80 bits per heavy atom. The Hall–Kier alpha value is -1.35. The van der Waals surface area contributed by atoms with Crippen molar-refractivity contribution in [3.05, 3.63) is 48.7 Å². The molecule has 3 heteroatoms. The van der Waals surface area contributed by atoms with E-state index in [1.54, 1.807) is 11.1 Å². The number of nitrogens with one attached hydrogen (secondary N) is 1. The average Bonchev–Trinajstić information content (AvgIpc) is 2.31.